The Morgan fingerprint density at radius 2 is 1.70 bits per heavy atom. The number of halogens is 1. The lowest BCUT2D eigenvalue weighted by Gasteiger charge is -2.34. The molecule has 2 aliphatic carbocycles. The van der Waals surface area contributed by atoms with Crippen LogP contribution in [0, 0.1) is 11.7 Å². The molecule has 6 rings (SSSR count). The third kappa shape index (κ3) is 4.40. The van der Waals surface area contributed by atoms with Gasteiger partial charge in [0.25, 0.3) is 0 Å². The summed E-state index contributed by atoms with van der Waals surface area (Å²) in [4.78, 5) is 13.4. The summed E-state index contributed by atoms with van der Waals surface area (Å²) >= 11 is 0. The Bertz CT molecular complexity index is 1620. The van der Waals surface area contributed by atoms with Gasteiger partial charge >= 0.3 is 0 Å². The van der Waals surface area contributed by atoms with Crippen molar-refractivity contribution < 1.29 is 13.9 Å². The van der Waals surface area contributed by atoms with Gasteiger partial charge in [-0.2, -0.15) is 0 Å². The van der Waals surface area contributed by atoms with Crippen LogP contribution in [0.2, 0.25) is 0 Å². The lowest BCUT2D eigenvalue weighted by atomic mass is 9.69. The van der Waals surface area contributed by atoms with E-state index in [9.17, 15) is 9.18 Å². The summed E-state index contributed by atoms with van der Waals surface area (Å²) < 4.78 is 19.6. The maximum atomic E-state index is 13.5. The number of hydrogen-bond acceptors (Lipinski definition) is 2. The van der Waals surface area contributed by atoms with Gasteiger partial charge in [0.15, 0.2) is 5.78 Å². The Labute approximate surface area is 216 Å². The molecule has 0 fully saturated rings. The van der Waals surface area contributed by atoms with Crippen molar-refractivity contribution in [3.8, 4) is 16.9 Å². The second-order valence-corrected chi connectivity index (χ2v) is 10.7. The molecular formula is C34H29FO2. The summed E-state index contributed by atoms with van der Waals surface area (Å²) in [5.74, 6) is 0.310. The molecule has 0 heterocycles. The average Bonchev–Trinajstić information content (AvgIpc) is 2.91. The molecule has 0 spiro atoms. The minimum atomic E-state index is -0.329. The molecule has 184 valence electrons. The van der Waals surface area contributed by atoms with Crippen LogP contribution in [0.25, 0.3) is 23.3 Å². The van der Waals surface area contributed by atoms with E-state index in [0.717, 1.165) is 29.4 Å². The van der Waals surface area contributed by atoms with E-state index in [0.29, 0.717) is 12.2 Å². The summed E-state index contributed by atoms with van der Waals surface area (Å²) in [6.07, 6.45) is 5.99. The second kappa shape index (κ2) is 9.15. The Balaban J connectivity index is 1.40. The van der Waals surface area contributed by atoms with E-state index >= 15 is 0 Å². The minimum Gasteiger partial charge on any atom is -0.489 e. The predicted molar refractivity (Wildman–Crippen MR) is 146 cm³/mol. The lowest BCUT2D eigenvalue weighted by Crippen LogP contribution is -2.43. The number of hydrogen-bond donors (Lipinski definition) is 0. The molecule has 4 aromatic carbocycles. The highest BCUT2D eigenvalue weighted by Gasteiger charge is 2.34. The molecule has 4 aromatic rings. The van der Waals surface area contributed by atoms with Gasteiger partial charge in [-0.25, -0.2) is 4.39 Å². The average molecular weight is 489 g/mol. The summed E-state index contributed by atoms with van der Waals surface area (Å²) in [7, 11) is 0. The molecule has 0 N–H and O–H groups in total. The van der Waals surface area contributed by atoms with Crippen LogP contribution in [0.1, 0.15) is 47.3 Å². The Morgan fingerprint density at radius 3 is 2.49 bits per heavy atom. The monoisotopic (exact) mass is 488 g/mol. The van der Waals surface area contributed by atoms with Gasteiger partial charge in [-0.05, 0) is 92.9 Å². The van der Waals surface area contributed by atoms with Crippen molar-refractivity contribution in [1.29, 1.82) is 0 Å². The number of carbonyl (C=O) groups excluding carboxylic acids is 1. The minimum absolute atomic E-state index is 0.0455. The van der Waals surface area contributed by atoms with E-state index in [-0.39, 0.29) is 22.9 Å². The van der Waals surface area contributed by atoms with Crippen LogP contribution >= 0.6 is 0 Å². The van der Waals surface area contributed by atoms with E-state index in [1.165, 1.54) is 39.6 Å². The number of rotatable bonds is 5. The van der Waals surface area contributed by atoms with Gasteiger partial charge in [-0.15, -0.1) is 0 Å². The molecule has 0 radical (unpaired) electrons. The summed E-state index contributed by atoms with van der Waals surface area (Å²) in [5, 5.41) is 2.34. The van der Waals surface area contributed by atoms with Gasteiger partial charge in [0.2, 0.25) is 0 Å². The molecular weight excluding hydrogens is 459 g/mol. The molecule has 3 heteroatoms. The molecule has 0 aromatic heterocycles. The van der Waals surface area contributed by atoms with Gasteiger partial charge in [0, 0.05) is 11.5 Å². The van der Waals surface area contributed by atoms with Crippen molar-refractivity contribution in [3.63, 3.8) is 0 Å². The van der Waals surface area contributed by atoms with Gasteiger partial charge in [0.1, 0.15) is 18.2 Å². The first kappa shape index (κ1) is 23.4. The standard InChI is InChI=1S/C34H29FO2/c1-34(2)20-25(33(36)24-8-12-26(35)13-9-24)18-31-29-15-11-23-10-14-27(37-21-22-6-4-3-5-7-22)19-30(23)28(29)16-17-32(31)34/h3-10,12-19,25H,11,20-21H2,1-2H3. The van der Waals surface area contributed by atoms with E-state index in [1.54, 1.807) is 12.1 Å². The quantitative estimate of drug-likeness (QED) is 0.305. The van der Waals surface area contributed by atoms with Gasteiger partial charge in [0.05, 0.1) is 0 Å². The molecule has 37 heavy (non-hydrogen) atoms. The Morgan fingerprint density at radius 1 is 0.919 bits per heavy atom. The van der Waals surface area contributed by atoms with Gasteiger partial charge in [-0.3, -0.25) is 4.79 Å². The highest BCUT2D eigenvalue weighted by Crippen LogP contribution is 2.36. The number of fused-ring (bicyclic) bond motifs is 5. The maximum absolute atomic E-state index is 13.5. The van der Waals surface area contributed by atoms with E-state index in [1.807, 2.05) is 24.3 Å². The number of ketones is 1. The molecule has 0 aliphatic heterocycles. The largest absolute Gasteiger partial charge is 0.489 e. The Hall–Kier alpha value is -3.98. The molecule has 0 bridgehead atoms. The maximum Gasteiger partial charge on any atom is 0.169 e. The molecule has 1 unspecified atom stereocenters. The van der Waals surface area contributed by atoms with Crippen molar-refractivity contribution in [2.75, 3.05) is 0 Å². The van der Waals surface area contributed by atoms with E-state index in [4.69, 9.17) is 4.74 Å². The van der Waals surface area contributed by atoms with Crippen molar-refractivity contribution in [2.24, 2.45) is 5.92 Å². The molecule has 2 nitrogen and oxygen atoms in total. The SMILES string of the molecule is CC1(C)CC(C(=O)c2ccc(F)cc2)C=c2c1ccc1c2=CCc2ccc(OCc3ccccc3)cc2-1. The summed E-state index contributed by atoms with van der Waals surface area (Å²) in [6, 6.07) is 26.9. The summed E-state index contributed by atoms with van der Waals surface area (Å²) in [6.45, 7) is 4.95. The normalized spacial score (nSPS) is 16.9. The fourth-order valence-corrected chi connectivity index (χ4v) is 5.80. The fourth-order valence-electron chi connectivity index (χ4n) is 5.80. The predicted octanol–water partition coefficient (Wildman–Crippen LogP) is 6.37. The van der Waals surface area contributed by atoms with Crippen LogP contribution in [-0.2, 0) is 18.4 Å². The van der Waals surface area contributed by atoms with E-state index in [2.05, 4.69) is 62.4 Å². The lowest BCUT2D eigenvalue weighted by molar-refractivity contribution is 0.0933. The zero-order valence-electron chi connectivity index (χ0n) is 21.1. The molecule has 0 saturated carbocycles. The van der Waals surface area contributed by atoms with Crippen LogP contribution in [-0.4, -0.2) is 5.78 Å². The highest BCUT2D eigenvalue weighted by molar-refractivity contribution is 6.01. The fraction of sp³-hybridized carbons (Fsp3) is 0.206. The number of ether oxygens (including phenoxy) is 1. The second-order valence-electron chi connectivity index (χ2n) is 10.7. The van der Waals surface area contributed by atoms with Crippen molar-refractivity contribution in [2.45, 2.75) is 38.7 Å². The molecule has 1 atom stereocenters. The van der Waals surface area contributed by atoms with Crippen LogP contribution in [0.15, 0.2) is 84.9 Å². The number of benzene rings is 4. The first-order chi connectivity index (χ1) is 17.9. The third-order valence-corrected chi connectivity index (χ3v) is 7.73. The van der Waals surface area contributed by atoms with Crippen LogP contribution in [0.5, 0.6) is 5.75 Å². The van der Waals surface area contributed by atoms with Gasteiger partial charge < -0.3 is 4.74 Å². The third-order valence-electron chi connectivity index (χ3n) is 7.73. The van der Waals surface area contributed by atoms with E-state index < -0.39 is 0 Å². The van der Waals surface area contributed by atoms with Crippen molar-refractivity contribution in [1.82, 2.24) is 0 Å². The number of Topliss-reactive ketones (excluding diaryl/α,β-unsaturated/α-hetero) is 1. The topological polar surface area (TPSA) is 26.3 Å². The van der Waals surface area contributed by atoms with Crippen LogP contribution < -0.4 is 15.2 Å². The first-order valence-corrected chi connectivity index (χ1v) is 12.8. The zero-order chi connectivity index (χ0) is 25.6. The smallest absolute Gasteiger partial charge is 0.169 e. The first-order valence-electron chi connectivity index (χ1n) is 12.8. The summed E-state index contributed by atoms with van der Waals surface area (Å²) in [5.41, 5.74) is 6.43. The molecule has 0 amide bonds. The van der Waals surface area contributed by atoms with Crippen LogP contribution in [0.4, 0.5) is 4.39 Å². The van der Waals surface area contributed by atoms with Crippen molar-refractivity contribution >= 4 is 17.9 Å². The van der Waals surface area contributed by atoms with Gasteiger partial charge in [-0.1, -0.05) is 74.5 Å². The molecule has 2 aliphatic rings. The zero-order valence-corrected chi connectivity index (χ0v) is 21.1. The van der Waals surface area contributed by atoms with Crippen LogP contribution in [0.3, 0.4) is 0 Å². The molecule has 0 saturated heterocycles. The highest BCUT2D eigenvalue weighted by atomic mass is 19.1. The number of carbonyl (C=O) groups is 1. The Kier molecular flexibility index (Phi) is 5.79. The van der Waals surface area contributed by atoms with Crippen molar-refractivity contribution in [3.05, 3.63) is 123 Å².